The van der Waals surface area contributed by atoms with Crippen molar-refractivity contribution in [2.24, 2.45) is 0 Å². The van der Waals surface area contributed by atoms with E-state index in [-0.39, 0.29) is 6.03 Å². The van der Waals surface area contributed by atoms with Crippen LogP contribution in [0.2, 0.25) is 0 Å². The number of nitrogens with one attached hydrogen (secondary N) is 2. The lowest BCUT2D eigenvalue weighted by Crippen LogP contribution is -2.29. The van der Waals surface area contributed by atoms with Crippen LogP contribution < -0.4 is 15.5 Å². The van der Waals surface area contributed by atoms with Crippen LogP contribution in [0.3, 0.4) is 0 Å². The summed E-state index contributed by atoms with van der Waals surface area (Å²) in [6.45, 7) is 4.76. The maximum Gasteiger partial charge on any atom is 0.319 e. The molecule has 2 rings (SSSR count). The fraction of sp³-hybridized carbons (Fsp3) is 0.350. The van der Waals surface area contributed by atoms with Crippen molar-refractivity contribution in [3.05, 3.63) is 59.2 Å². The van der Waals surface area contributed by atoms with Crippen molar-refractivity contribution in [2.75, 3.05) is 30.9 Å². The molecule has 0 spiro atoms. The van der Waals surface area contributed by atoms with E-state index in [1.807, 2.05) is 39.2 Å². The number of nitrogens with zero attached hydrogens (tertiary/aromatic N) is 1. The van der Waals surface area contributed by atoms with Crippen LogP contribution in [-0.4, -0.2) is 26.7 Å². The molecule has 2 aromatic rings. The van der Waals surface area contributed by atoms with Crippen molar-refractivity contribution < 1.29 is 4.79 Å². The molecule has 4 nitrogen and oxygen atoms in total. The van der Waals surface area contributed by atoms with Gasteiger partial charge in [-0.05, 0) is 67.6 Å². The van der Waals surface area contributed by atoms with Crippen molar-refractivity contribution in [1.29, 1.82) is 0 Å². The van der Waals surface area contributed by atoms with Gasteiger partial charge in [0, 0.05) is 32.0 Å². The largest absolute Gasteiger partial charge is 0.378 e. The summed E-state index contributed by atoms with van der Waals surface area (Å²) in [6.07, 6.45) is 1.87. The third-order valence-electron chi connectivity index (χ3n) is 4.15. The summed E-state index contributed by atoms with van der Waals surface area (Å²) in [6, 6.07) is 14.3. The van der Waals surface area contributed by atoms with Crippen molar-refractivity contribution >= 4 is 17.4 Å². The average Bonchev–Trinajstić information content (AvgIpc) is 2.55. The Hall–Kier alpha value is -2.49. The lowest BCUT2D eigenvalue weighted by Gasteiger charge is -2.13. The van der Waals surface area contributed by atoms with Crippen molar-refractivity contribution in [3.8, 4) is 0 Å². The molecule has 0 heterocycles. The molecule has 0 radical (unpaired) electrons. The van der Waals surface area contributed by atoms with E-state index in [1.54, 1.807) is 0 Å². The smallest absolute Gasteiger partial charge is 0.319 e. The van der Waals surface area contributed by atoms with Gasteiger partial charge in [-0.3, -0.25) is 0 Å². The van der Waals surface area contributed by atoms with E-state index in [2.05, 4.69) is 46.7 Å². The Morgan fingerprint density at radius 2 is 1.71 bits per heavy atom. The Morgan fingerprint density at radius 3 is 2.33 bits per heavy atom. The second-order valence-corrected chi connectivity index (χ2v) is 6.34. The molecule has 0 bridgehead atoms. The summed E-state index contributed by atoms with van der Waals surface area (Å²) in [7, 11) is 4.07. The maximum atomic E-state index is 11.9. The molecular weight excluding hydrogens is 298 g/mol. The van der Waals surface area contributed by atoms with Gasteiger partial charge in [0.05, 0.1) is 0 Å². The van der Waals surface area contributed by atoms with Crippen LogP contribution in [0.5, 0.6) is 0 Å². The quantitative estimate of drug-likeness (QED) is 0.785. The van der Waals surface area contributed by atoms with Crippen LogP contribution in [0.15, 0.2) is 42.5 Å². The lowest BCUT2D eigenvalue weighted by molar-refractivity contribution is 0.252. The molecule has 0 aliphatic carbocycles. The number of urea groups is 1. The molecule has 4 heteroatoms. The molecule has 2 N–H and O–H groups in total. The fourth-order valence-electron chi connectivity index (χ4n) is 2.45. The molecule has 0 fully saturated rings. The second kappa shape index (κ2) is 8.39. The fourth-order valence-corrected chi connectivity index (χ4v) is 2.45. The summed E-state index contributed by atoms with van der Waals surface area (Å²) >= 11 is 0. The molecule has 24 heavy (non-hydrogen) atoms. The zero-order valence-corrected chi connectivity index (χ0v) is 15.0. The Kier molecular flexibility index (Phi) is 6.24. The zero-order chi connectivity index (χ0) is 17.5. The van der Waals surface area contributed by atoms with Gasteiger partial charge in [-0.2, -0.15) is 0 Å². The van der Waals surface area contributed by atoms with Gasteiger partial charge in [0.2, 0.25) is 0 Å². The van der Waals surface area contributed by atoms with E-state index in [9.17, 15) is 4.79 Å². The first kappa shape index (κ1) is 17.9. The number of carbonyl (C=O) groups excluding carboxylic acids is 1. The minimum absolute atomic E-state index is 0.152. The molecule has 0 aromatic heterocycles. The van der Waals surface area contributed by atoms with Gasteiger partial charge >= 0.3 is 6.03 Å². The molecule has 0 saturated carbocycles. The van der Waals surface area contributed by atoms with E-state index in [0.717, 1.165) is 18.5 Å². The van der Waals surface area contributed by atoms with Gasteiger partial charge in [-0.25, -0.2) is 4.79 Å². The number of amides is 2. The van der Waals surface area contributed by atoms with E-state index >= 15 is 0 Å². The van der Waals surface area contributed by atoms with Gasteiger partial charge < -0.3 is 15.5 Å². The van der Waals surface area contributed by atoms with Crippen LogP contribution in [0.4, 0.5) is 16.2 Å². The van der Waals surface area contributed by atoms with Crippen molar-refractivity contribution in [1.82, 2.24) is 5.32 Å². The topological polar surface area (TPSA) is 44.4 Å². The number of anilines is 2. The molecule has 2 aromatic carbocycles. The van der Waals surface area contributed by atoms with Gasteiger partial charge in [0.15, 0.2) is 0 Å². The molecular formula is C20H27N3O. The predicted octanol–water partition coefficient (Wildman–Crippen LogP) is 4.12. The first-order chi connectivity index (χ1) is 11.5. The summed E-state index contributed by atoms with van der Waals surface area (Å²) < 4.78 is 0. The van der Waals surface area contributed by atoms with E-state index < -0.39 is 0 Å². The van der Waals surface area contributed by atoms with Crippen molar-refractivity contribution in [3.63, 3.8) is 0 Å². The number of aryl methyl sites for hydroxylation is 3. The monoisotopic (exact) mass is 325 g/mol. The highest BCUT2D eigenvalue weighted by Gasteiger charge is 2.03. The van der Waals surface area contributed by atoms with E-state index in [1.165, 1.54) is 22.4 Å². The van der Waals surface area contributed by atoms with Crippen LogP contribution in [0.25, 0.3) is 0 Å². The van der Waals surface area contributed by atoms with Gasteiger partial charge in [0.25, 0.3) is 0 Å². The number of hydrogen-bond donors (Lipinski definition) is 2. The van der Waals surface area contributed by atoms with Gasteiger partial charge in [0.1, 0.15) is 0 Å². The van der Waals surface area contributed by atoms with Gasteiger partial charge in [-0.15, -0.1) is 0 Å². The minimum Gasteiger partial charge on any atom is -0.378 e. The number of hydrogen-bond acceptors (Lipinski definition) is 2. The second-order valence-electron chi connectivity index (χ2n) is 6.34. The minimum atomic E-state index is -0.152. The maximum absolute atomic E-state index is 11.9. The standard InChI is InChI=1S/C20H27N3O/c1-15-7-10-18(14-16(15)2)22-20(24)21-13-5-6-17-8-11-19(12-9-17)23(3)4/h7-12,14H,5-6,13H2,1-4H3,(H2,21,22,24). The van der Waals surface area contributed by atoms with Gasteiger partial charge in [-0.1, -0.05) is 18.2 Å². The van der Waals surface area contributed by atoms with Crippen LogP contribution in [0, 0.1) is 13.8 Å². The number of rotatable bonds is 6. The summed E-state index contributed by atoms with van der Waals surface area (Å²) in [5.74, 6) is 0. The van der Waals surface area contributed by atoms with Crippen LogP contribution >= 0.6 is 0 Å². The first-order valence-electron chi connectivity index (χ1n) is 8.34. The summed E-state index contributed by atoms with van der Waals surface area (Å²) in [4.78, 5) is 14.0. The molecule has 0 atom stereocenters. The third-order valence-corrected chi connectivity index (χ3v) is 4.15. The molecule has 0 aliphatic heterocycles. The predicted molar refractivity (Wildman–Crippen MR) is 102 cm³/mol. The average molecular weight is 325 g/mol. The highest BCUT2D eigenvalue weighted by atomic mass is 16.2. The molecule has 0 aliphatic rings. The van der Waals surface area contributed by atoms with E-state index in [0.29, 0.717) is 6.54 Å². The molecule has 0 saturated heterocycles. The Bertz CT molecular complexity index is 678. The highest BCUT2D eigenvalue weighted by molar-refractivity contribution is 5.89. The first-order valence-corrected chi connectivity index (χ1v) is 8.34. The number of carbonyl (C=O) groups is 1. The lowest BCUT2D eigenvalue weighted by atomic mass is 10.1. The summed E-state index contributed by atoms with van der Waals surface area (Å²) in [5.41, 5.74) is 5.71. The molecule has 0 unspecified atom stereocenters. The Morgan fingerprint density at radius 1 is 1.00 bits per heavy atom. The third kappa shape index (κ3) is 5.30. The molecule has 2 amide bonds. The van der Waals surface area contributed by atoms with E-state index in [4.69, 9.17) is 0 Å². The van der Waals surface area contributed by atoms with Crippen LogP contribution in [0.1, 0.15) is 23.1 Å². The molecule has 128 valence electrons. The normalized spacial score (nSPS) is 10.3. The highest BCUT2D eigenvalue weighted by Crippen LogP contribution is 2.14. The van der Waals surface area contributed by atoms with Crippen molar-refractivity contribution in [2.45, 2.75) is 26.7 Å². The zero-order valence-electron chi connectivity index (χ0n) is 15.0. The van der Waals surface area contributed by atoms with Crippen LogP contribution in [-0.2, 0) is 6.42 Å². The Labute approximate surface area is 144 Å². The Balaban J connectivity index is 1.71. The number of benzene rings is 2. The summed E-state index contributed by atoms with van der Waals surface area (Å²) in [5, 5.41) is 5.78. The SMILES string of the molecule is Cc1ccc(NC(=O)NCCCc2ccc(N(C)C)cc2)cc1C.